The van der Waals surface area contributed by atoms with Gasteiger partial charge in [0.2, 0.25) is 5.91 Å². The van der Waals surface area contributed by atoms with Crippen molar-refractivity contribution in [3.05, 3.63) is 24.3 Å². The highest BCUT2D eigenvalue weighted by Crippen LogP contribution is 2.35. The lowest BCUT2D eigenvalue weighted by atomic mass is 9.78. The summed E-state index contributed by atoms with van der Waals surface area (Å²) >= 11 is 0. The van der Waals surface area contributed by atoms with Crippen LogP contribution in [0.25, 0.3) is 0 Å². The van der Waals surface area contributed by atoms with E-state index in [2.05, 4.69) is 5.32 Å². The number of nitrogens with one attached hydrogen (secondary N) is 1. The standard InChI is InChI=1S/C15H18N2O4/c1-4-15(5-2)12(18)16-14(20)17(13(15)19)10-6-8-11(21-3)9-7-10/h6-9H,4-5H2,1-3H3,(H,16,18,20). The number of hydrogen-bond donors (Lipinski definition) is 1. The van der Waals surface area contributed by atoms with Gasteiger partial charge in [-0.1, -0.05) is 13.8 Å². The molecule has 1 N–H and O–H groups in total. The summed E-state index contributed by atoms with van der Waals surface area (Å²) in [5.74, 6) is -0.379. The highest BCUT2D eigenvalue weighted by Gasteiger charge is 2.51. The van der Waals surface area contributed by atoms with Gasteiger partial charge < -0.3 is 4.74 Å². The Hall–Kier alpha value is -2.37. The highest BCUT2D eigenvalue weighted by atomic mass is 16.5. The fraction of sp³-hybridized carbons (Fsp3) is 0.400. The molecule has 0 spiro atoms. The molecule has 0 aromatic heterocycles. The number of ether oxygens (including phenoxy) is 1. The molecule has 0 aliphatic carbocycles. The van der Waals surface area contributed by atoms with Crippen LogP contribution in [0.3, 0.4) is 0 Å². The molecule has 6 heteroatoms. The zero-order valence-corrected chi connectivity index (χ0v) is 12.3. The Bertz CT molecular complexity index is 576. The number of urea groups is 1. The van der Waals surface area contributed by atoms with E-state index in [4.69, 9.17) is 4.74 Å². The van der Waals surface area contributed by atoms with Crippen LogP contribution >= 0.6 is 0 Å². The van der Waals surface area contributed by atoms with E-state index in [1.807, 2.05) is 0 Å². The first kappa shape index (κ1) is 15.0. The van der Waals surface area contributed by atoms with Crippen LogP contribution in [0.2, 0.25) is 0 Å². The van der Waals surface area contributed by atoms with E-state index in [1.54, 1.807) is 38.1 Å². The molecule has 0 bridgehead atoms. The number of nitrogens with zero attached hydrogens (tertiary/aromatic N) is 1. The topological polar surface area (TPSA) is 75.7 Å². The van der Waals surface area contributed by atoms with E-state index >= 15 is 0 Å². The maximum Gasteiger partial charge on any atom is 0.335 e. The number of carbonyl (C=O) groups excluding carboxylic acids is 3. The highest BCUT2D eigenvalue weighted by molar-refractivity contribution is 6.29. The van der Waals surface area contributed by atoms with Gasteiger partial charge in [-0.2, -0.15) is 0 Å². The Kier molecular flexibility index (Phi) is 3.97. The summed E-state index contributed by atoms with van der Waals surface area (Å²) < 4.78 is 5.05. The summed E-state index contributed by atoms with van der Waals surface area (Å²) in [6.07, 6.45) is 0.683. The molecule has 1 aromatic rings. The predicted octanol–water partition coefficient (Wildman–Crippen LogP) is 2.08. The van der Waals surface area contributed by atoms with Gasteiger partial charge in [0.05, 0.1) is 12.8 Å². The van der Waals surface area contributed by atoms with Crippen molar-refractivity contribution in [2.45, 2.75) is 26.7 Å². The zero-order valence-electron chi connectivity index (χ0n) is 12.3. The third-order valence-electron chi connectivity index (χ3n) is 4.01. The number of benzene rings is 1. The average molecular weight is 290 g/mol. The van der Waals surface area contributed by atoms with Crippen LogP contribution in [-0.2, 0) is 9.59 Å². The summed E-state index contributed by atoms with van der Waals surface area (Å²) in [6.45, 7) is 3.53. The smallest absolute Gasteiger partial charge is 0.335 e. The number of rotatable bonds is 4. The third-order valence-corrected chi connectivity index (χ3v) is 4.01. The Morgan fingerprint density at radius 3 is 2.14 bits per heavy atom. The Morgan fingerprint density at radius 1 is 1.10 bits per heavy atom. The predicted molar refractivity (Wildman–Crippen MR) is 77.0 cm³/mol. The van der Waals surface area contributed by atoms with Crippen LogP contribution in [0.5, 0.6) is 5.75 Å². The van der Waals surface area contributed by atoms with Crippen molar-refractivity contribution in [1.82, 2.24) is 5.32 Å². The van der Waals surface area contributed by atoms with Crippen LogP contribution in [-0.4, -0.2) is 25.0 Å². The summed E-state index contributed by atoms with van der Waals surface area (Å²) in [5, 5.41) is 2.28. The molecule has 21 heavy (non-hydrogen) atoms. The maximum absolute atomic E-state index is 12.7. The fourth-order valence-electron chi connectivity index (χ4n) is 2.52. The second kappa shape index (κ2) is 5.55. The first-order valence-corrected chi connectivity index (χ1v) is 6.84. The van der Waals surface area contributed by atoms with Crippen LogP contribution in [0.4, 0.5) is 10.5 Å². The monoisotopic (exact) mass is 290 g/mol. The van der Waals surface area contributed by atoms with Crippen molar-refractivity contribution in [2.75, 3.05) is 12.0 Å². The normalized spacial score (nSPS) is 17.7. The van der Waals surface area contributed by atoms with Gasteiger partial charge >= 0.3 is 6.03 Å². The van der Waals surface area contributed by atoms with Crippen molar-refractivity contribution in [2.24, 2.45) is 5.41 Å². The lowest BCUT2D eigenvalue weighted by molar-refractivity contribution is -0.143. The van der Waals surface area contributed by atoms with Crippen molar-refractivity contribution in [3.8, 4) is 5.75 Å². The first-order valence-electron chi connectivity index (χ1n) is 6.84. The van der Waals surface area contributed by atoms with E-state index in [0.717, 1.165) is 4.90 Å². The van der Waals surface area contributed by atoms with E-state index in [-0.39, 0.29) is 0 Å². The quantitative estimate of drug-likeness (QED) is 0.861. The zero-order chi connectivity index (χ0) is 15.6. The Balaban J connectivity index is 2.44. The molecule has 4 amide bonds. The second-order valence-corrected chi connectivity index (χ2v) is 4.89. The summed E-state index contributed by atoms with van der Waals surface area (Å²) in [7, 11) is 1.53. The van der Waals surface area contributed by atoms with E-state index in [1.165, 1.54) is 7.11 Å². The Morgan fingerprint density at radius 2 is 1.67 bits per heavy atom. The van der Waals surface area contributed by atoms with Gasteiger partial charge in [0.25, 0.3) is 5.91 Å². The third kappa shape index (κ3) is 2.26. The molecular formula is C15H18N2O4. The summed E-state index contributed by atoms with van der Waals surface area (Å²) in [5.41, 5.74) is -0.773. The molecule has 1 aromatic carbocycles. The van der Waals surface area contributed by atoms with Gasteiger partial charge in [-0.3, -0.25) is 14.9 Å². The molecule has 1 saturated heterocycles. The lowest BCUT2D eigenvalue weighted by Crippen LogP contribution is -2.63. The van der Waals surface area contributed by atoms with Gasteiger partial charge in [-0.15, -0.1) is 0 Å². The lowest BCUT2D eigenvalue weighted by Gasteiger charge is -2.38. The molecule has 0 atom stereocenters. The molecule has 0 saturated carbocycles. The minimum atomic E-state index is -1.19. The number of hydrogen-bond acceptors (Lipinski definition) is 4. The van der Waals surface area contributed by atoms with Crippen molar-refractivity contribution >= 4 is 23.5 Å². The first-order chi connectivity index (χ1) is 10.00. The fourth-order valence-corrected chi connectivity index (χ4v) is 2.52. The van der Waals surface area contributed by atoms with Crippen LogP contribution in [0.1, 0.15) is 26.7 Å². The molecule has 0 radical (unpaired) electrons. The van der Waals surface area contributed by atoms with E-state index in [9.17, 15) is 14.4 Å². The van der Waals surface area contributed by atoms with Gasteiger partial charge in [-0.05, 0) is 37.1 Å². The molecule has 6 nitrogen and oxygen atoms in total. The number of carbonyl (C=O) groups is 3. The van der Waals surface area contributed by atoms with Gasteiger partial charge in [-0.25, -0.2) is 9.69 Å². The molecule has 1 fully saturated rings. The Labute approximate surface area is 123 Å². The van der Waals surface area contributed by atoms with Crippen LogP contribution in [0.15, 0.2) is 24.3 Å². The molecule has 1 aliphatic rings. The van der Waals surface area contributed by atoms with Crippen LogP contribution < -0.4 is 15.0 Å². The molecular weight excluding hydrogens is 272 g/mol. The van der Waals surface area contributed by atoms with Gasteiger partial charge in [0, 0.05) is 0 Å². The number of imide groups is 2. The second-order valence-electron chi connectivity index (χ2n) is 4.89. The number of methoxy groups -OCH3 is 1. The maximum atomic E-state index is 12.7. The van der Waals surface area contributed by atoms with Crippen LogP contribution in [0, 0.1) is 5.41 Å². The van der Waals surface area contributed by atoms with Crippen molar-refractivity contribution in [1.29, 1.82) is 0 Å². The van der Waals surface area contributed by atoms with E-state index in [0.29, 0.717) is 24.3 Å². The van der Waals surface area contributed by atoms with E-state index < -0.39 is 23.3 Å². The number of amides is 4. The molecule has 112 valence electrons. The molecule has 2 rings (SSSR count). The number of barbiturate groups is 1. The minimum Gasteiger partial charge on any atom is -0.497 e. The summed E-state index contributed by atoms with van der Waals surface area (Å²) in [6, 6.07) is 5.83. The molecule has 0 unspecified atom stereocenters. The van der Waals surface area contributed by atoms with Gasteiger partial charge in [0.15, 0.2) is 0 Å². The minimum absolute atomic E-state index is 0.341. The van der Waals surface area contributed by atoms with Crippen molar-refractivity contribution in [3.63, 3.8) is 0 Å². The summed E-state index contributed by atoms with van der Waals surface area (Å²) in [4.78, 5) is 37.8. The molecule has 1 heterocycles. The molecule has 1 aliphatic heterocycles. The SMILES string of the molecule is CCC1(CC)C(=O)NC(=O)N(c2ccc(OC)cc2)C1=O. The average Bonchev–Trinajstić information content (AvgIpc) is 2.49. The number of anilines is 1. The largest absolute Gasteiger partial charge is 0.497 e. The van der Waals surface area contributed by atoms with Gasteiger partial charge in [0.1, 0.15) is 11.2 Å². The van der Waals surface area contributed by atoms with Crippen molar-refractivity contribution < 1.29 is 19.1 Å².